The zero-order valence-corrected chi connectivity index (χ0v) is 25.0. The van der Waals surface area contributed by atoms with E-state index in [1.54, 1.807) is 4.90 Å². The highest BCUT2D eigenvalue weighted by atomic mass is 19.4. The number of piperidine rings is 2. The molecular weight excluding hydrogens is 563 g/mol. The van der Waals surface area contributed by atoms with Crippen LogP contribution in [0, 0.1) is 6.92 Å². The summed E-state index contributed by atoms with van der Waals surface area (Å²) < 4.78 is 43.4. The maximum atomic E-state index is 13.7. The number of pyridine rings is 1. The molecule has 0 aliphatic carbocycles. The van der Waals surface area contributed by atoms with Gasteiger partial charge in [-0.25, -0.2) is 4.98 Å². The second-order valence-electron chi connectivity index (χ2n) is 12.9. The summed E-state index contributed by atoms with van der Waals surface area (Å²) >= 11 is 0. The van der Waals surface area contributed by atoms with Gasteiger partial charge in [0, 0.05) is 43.6 Å². The van der Waals surface area contributed by atoms with E-state index >= 15 is 0 Å². The van der Waals surface area contributed by atoms with E-state index in [9.17, 15) is 18.0 Å². The molecule has 2 aromatic heterocycles. The number of alkyl halides is 3. The Balaban J connectivity index is 1.07. The standard InChI is InChI=1S/C35H38F3N5O/c1-24-40-31-9-5-6-10-32(31)43(24)28-21-26-11-12-27(22-28)42(26)20-16-34(25-7-3-2-4-8-25)14-18-41(19-15-34)33(44)29-23-39-17-13-30(29)35(36,37)38/h2-10,13,17,23,26-28H,11-12,14-16,18-22H2,1H3/t26-,27+,28?. The normalized spacial score (nSPS) is 23.7. The number of halogens is 3. The molecule has 0 N–H and O–H groups in total. The van der Waals surface area contributed by atoms with Crippen LogP contribution in [-0.2, 0) is 11.6 Å². The summed E-state index contributed by atoms with van der Waals surface area (Å²) in [6, 6.07) is 21.3. The molecule has 3 fully saturated rings. The van der Waals surface area contributed by atoms with Crippen LogP contribution in [0.15, 0.2) is 73.1 Å². The average molecular weight is 602 g/mol. The molecule has 3 aliphatic rings. The third-order valence-electron chi connectivity index (χ3n) is 10.6. The monoisotopic (exact) mass is 601 g/mol. The minimum Gasteiger partial charge on any atom is -0.339 e. The highest BCUT2D eigenvalue weighted by Gasteiger charge is 2.45. The highest BCUT2D eigenvalue weighted by molar-refractivity contribution is 5.95. The number of carbonyl (C=O) groups is 1. The summed E-state index contributed by atoms with van der Waals surface area (Å²) in [6.45, 7) is 3.94. The van der Waals surface area contributed by atoms with Crippen LogP contribution >= 0.6 is 0 Å². The fraction of sp³-hybridized carbons (Fsp3) is 0.457. The molecule has 0 radical (unpaired) electrons. The molecule has 5 heterocycles. The van der Waals surface area contributed by atoms with E-state index in [2.05, 4.69) is 63.8 Å². The van der Waals surface area contributed by atoms with Gasteiger partial charge in [-0.15, -0.1) is 0 Å². The molecule has 1 amide bonds. The van der Waals surface area contributed by atoms with Crippen LogP contribution in [-0.4, -0.2) is 62.0 Å². The van der Waals surface area contributed by atoms with Gasteiger partial charge in [0.15, 0.2) is 0 Å². The van der Waals surface area contributed by atoms with Crippen molar-refractivity contribution in [2.45, 2.75) is 81.6 Å². The van der Waals surface area contributed by atoms with Crippen molar-refractivity contribution in [2.24, 2.45) is 0 Å². The molecule has 230 valence electrons. The minimum atomic E-state index is -4.60. The van der Waals surface area contributed by atoms with Gasteiger partial charge in [-0.05, 0) is 87.6 Å². The Morgan fingerprint density at radius 3 is 2.32 bits per heavy atom. The summed E-state index contributed by atoms with van der Waals surface area (Å²) in [5, 5.41) is 0. The number of amides is 1. The van der Waals surface area contributed by atoms with E-state index in [0.29, 0.717) is 31.2 Å². The fourth-order valence-corrected chi connectivity index (χ4v) is 8.39. The van der Waals surface area contributed by atoms with E-state index < -0.39 is 17.6 Å². The smallest absolute Gasteiger partial charge is 0.339 e. The molecule has 3 saturated heterocycles. The molecule has 1 unspecified atom stereocenters. The Morgan fingerprint density at radius 1 is 0.932 bits per heavy atom. The third kappa shape index (κ3) is 5.19. The number of hydrogen-bond acceptors (Lipinski definition) is 4. The maximum absolute atomic E-state index is 13.7. The van der Waals surface area contributed by atoms with Gasteiger partial charge in [0.1, 0.15) is 5.82 Å². The maximum Gasteiger partial charge on any atom is 0.417 e. The van der Waals surface area contributed by atoms with Gasteiger partial charge in [0.25, 0.3) is 5.91 Å². The molecular formula is C35H38F3N5O. The number of aryl methyl sites for hydroxylation is 1. The first-order valence-electron chi connectivity index (χ1n) is 15.8. The van der Waals surface area contributed by atoms with Gasteiger partial charge in [0.05, 0.1) is 22.2 Å². The third-order valence-corrected chi connectivity index (χ3v) is 10.6. The molecule has 44 heavy (non-hydrogen) atoms. The molecule has 6 nitrogen and oxygen atoms in total. The molecule has 2 aromatic carbocycles. The molecule has 3 atom stereocenters. The van der Waals surface area contributed by atoms with Crippen LogP contribution in [0.2, 0.25) is 0 Å². The van der Waals surface area contributed by atoms with Crippen molar-refractivity contribution in [2.75, 3.05) is 19.6 Å². The van der Waals surface area contributed by atoms with E-state index in [1.807, 2.05) is 12.1 Å². The molecule has 9 heteroatoms. The molecule has 0 saturated carbocycles. The summed E-state index contributed by atoms with van der Waals surface area (Å²) in [5.74, 6) is 0.497. The number of benzene rings is 2. The number of rotatable bonds is 6. The van der Waals surface area contributed by atoms with Crippen LogP contribution in [0.25, 0.3) is 11.0 Å². The molecule has 3 aliphatic heterocycles. The first kappa shape index (κ1) is 29.0. The van der Waals surface area contributed by atoms with Crippen molar-refractivity contribution in [1.29, 1.82) is 0 Å². The van der Waals surface area contributed by atoms with Crippen LogP contribution in [0.5, 0.6) is 0 Å². The fourth-order valence-electron chi connectivity index (χ4n) is 8.39. The van der Waals surface area contributed by atoms with E-state index in [4.69, 9.17) is 4.98 Å². The second kappa shape index (κ2) is 11.3. The molecule has 4 aromatic rings. The molecule has 2 bridgehead atoms. The van der Waals surface area contributed by atoms with E-state index in [-0.39, 0.29) is 11.0 Å². The van der Waals surface area contributed by atoms with Gasteiger partial charge in [-0.1, -0.05) is 42.5 Å². The van der Waals surface area contributed by atoms with Gasteiger partial charge in [-0.2, -0.15) is 13.2 Å². The van der Waals surface area contributed by atoms with Crippen LogP contribution < -0.4 is 0 Å². The van der Waals surface area contributed by atoms with Crippen molar-refractivity contribution in [3.63, 3.8) is 0 Å². The Kier molecular flexibility index (Phi) is 7.47. The van der Waals surface area contributed by atoms with Gasteiger partial charge in [-0.3, -0.25) is 14.7 Å². The quantitative estimate of drug-likeness (QED) is 0.235. The SMILES string of the molecule is Cc1nc2ccccc2n1C1C[C@H]2CC[C@@H](C1)N2CCC1(c2ccccc2)CCN(C(=O)c2cnccc2C(F)(F)F)CC1. The van der Waals surface area contributed by atoms with Gasteiger partial charge < -0.3 is 9.47 Å². The number of fused-ring (bicyclic) bond motifs is 3. The Labute approximate surface area is 255 Å². The first-order valence-corrected chi connectivity index (χ1v) is 15.8. The Hall–Kier alpha value is -3.72. The van der Waals surface area contributed by atoms with E-state index in [0.717, 1.165) is 68.5 Å². The lowest BCUT2D eigenvalue weighted by atomic mass is 9.70. The lowest BCUT2D eigenvalue weighted by Gasteiger charge is -2.45. The van der Waals surface area contributed by atoms with Crippen LogP contribution in [0.4, 0.5) is 13.2 Å². The lowest BCUT2D eigenvalue weighted by Crippen LogP contribution is -2.49. The Morgan fingerprint density at radius 2 is 1.61 bits per heavy atom. The lowest BCUT2D eigenvalue weighted by molar-refractivity contribution is -0.138. The number of likely N-dealkylation sites (tertiary alicyclic amines) is 1. The zero-order valence-electron chi connectivity index (χ0n) is 25.0. The predicted octanol–water partition coefficient (Wildman–Crippen LogP) is 7.19. The minimum absolute atomic E-state index is 0.132. The highest BCUT2D eigenvalue weighted by Crippen LogP contribution is 2.45. The van der Waals surface area contributed by atoms with Crippen molar-refractivity contribution in [3.8, 4) is 0 Å². The van der Waals surface area contributed by atoms with Crippen molar-refractivity contribution in [3.05, 3.63) is 95.6 Å². The van der Waals surface area contributed by atoms with Gasteiger partial charge in [0.2, 0.25) is 0 Å². The van der Waals surface area contributed by atoms with Crippen molar-refractivity contribution >= 4 is 16.9 Å². The number of para-hydroxylation sites is 2. The summed E-state index contributed by atoms with van der Waals surface area (Å²) in [6.07, 6.45) is 4.59. The van der Waals surface area contributed by atoms with Crippen LogP contribution in [0.1, 0.15) is 78.3 Å². The topological polar surface area (TPSA) is 54.3 Å². The van der Waals surface area contributed by atoms with Crippen molar-refractivity contribution < 1.29 is 18.0 Å². The Bertz CT molecular complexity index is 1630. The van der Waals surface area contributed by atoms with Crippen LogP contribution in [0.3, 0.4) is 0 Å². The first-order chi connectivity index (χ1) is 21.2. The summed E-state index contributed by atoms with van der Waals surface area (Å²) in [7, 11) is 0. The average Bonchev–Trinajstić information content (AvgIpc) is 3.50. The van der Waals surface area contributed by atoms with Gasteiger partial charge >= 0.3 is 6.18 Å². The molecule has 7 rings (SSSR count). The number of hydrogen-bond donors (Lipinski definition) is 0. The number of nitrogens with zero attached hydrogens (tertiary/aromatic N) is 5. The largest absolute Gasteiger partial charge is 0.417 e. The number of aromatic nitrogens is 3. The molecule has 0 spiro atoms. The predicted molar refractivity (Wildman–Crippen MR) is 163 cm³/mol. The number of carbonyl (C=O) groups excluding carboxylic acids is 1. The van der Waals surface area contributed by atoms with Crippen molar-refractivity contribution in [1.82, 2.24) is 24.3 Å². The summed E-state index contributed by atoms with van der Waals surface area (Å²) in [5.41, 5.74) is 2.12. The summed E-state index contributed by atoms with van der Waals surface area (Å²) in [4.78, 5) is 26.3. The second-order valence-corrected chi connectivity index (χ2v) is 12.9. The zero-order chi connectivity index (χ0) is 30.5. The number of imidazole rings is 1. The van der Waals surface area contributed by atoms with E-state index in [1.165, 1.54) is 23.9 Å².